The molecule has 0 bridgehead atoms. The number of nitrogens with zero attached hydrogens (tertiary/aromatic N) is 3. The molecule has 3 rings (SSSR count). The fourth-order valence-electron chi connectivity index (χ4n) is 3.53. The minimum Gasteiger partial charge on any atom is -0.495 e. The van der Waals surface area contributed by atoms with Crippen molar-refractivity contribution >= 4 is 11.6 Å². The number of amides is 1. The van der Waals surface area contributed by atoms with E-state index in [0.29, 0.717) is 13.1 Å². The molecule has 138 valence electrons. The van der Waals surface area contributed by atoms with Crippen LogP contribution in [0, 0.1) is 0 Å². The van der Waals surface area contributed by atoms with Crippen LogP contribution in [-0.4, -0.2) is 63.1 Å². The molecule has 0 aromatic heterocycles. The van der Waals surface area contributed by atoms with Gasteiger partial charge in [0.25, 0.3) is 0 Å². The fourth-order valence-corrected chi connectivity index (χ4v) is 3.53. The first-order valence-corrected chi connectivity index (χ1v) is 9.00. The zero-order valence-electron chi connectivity index (χ0n) is 15.8. The Hall–Kier alpha value is -2.53. The highest BCUT2D eigenvalue weighted by atomic mass is 16.5. The minimum absolute atomic E-state index is 0.167. The Bertz CT molecular complexity index is 725. The van der Waals surface area contributed by atoms with Crippen molar-refractivity contribution in [1.82, 2.24) is 9.80 Å². The van der Waals surface area contributed by atoms with E-state index in [0.717, 1.165) is 30.1 Å². The molecule has 0 saturated carbocycles. The molecule has 1 aliphatic rings. The van der Waals surface area contributed by atoms with Gasteiger partial charge in [-0.25, -0.2) is 0 Å². The van der Waals surface area contributed by atoms with Crippen molar-refractivity contribution in [2.45, 2.75) is 6.04 Å². The average Bonchev–Trinajstić information content (AvgIpc) is 2.68. The van der Waals surface area contributed by atoms with E-state index in [9.17, 15) is 4.79 Å². The van der Waals surface area contributed by atoms with E-state index in [-0.39, 0.29) is 11.9 Å². The summed E-state index contributed by atoms with van der Waals surface area (Å²) in [7, 11) is 5.61. The molecule has 1 unspecified atom stereocenters. The quantitative estimate of drug-likeness (QED) is 0.828. The van der Waals surface area contributed by atoms with Gasteiger partial charge in [-0.15, -0.1) is 0 Å². The van der Waals surface area contributed by atoms with Gasteiger partial charge in [-0.1, -0.05) is 42.5 Å². The zero-order chi connectivity index (χ0) is 18.5. The largest absolute Gasteiger partial charge is 0.495 e. The van der Waals surface area contributed by atoms with Crippen molar-refractivity contribution in [1.29, 1.82) is 0 Å². The predicted octanol–water partition coefficient (Wildman–Crippen LogP) is 2.65. The number of benzene rings is 2. The number of methoxy groups -OCH3 is 1. The third-order valence-corrected chi connectivity index (χ3v) is 4.88. The van der Waals surface area contributed by atoms with Crippen LogP contribution in [0.5, 0.6) is 5.75 Å². The van der Waals surface area contributed by atoms with Gasteiger partial charge in [0, 0.05) is 26.2 Å². The van der Waals surface area contributed by atoms with Gasteiger partial charge in [0.05, 0.1) is 12.8 Å². The third kappa shape index (κ3) is 3.83. The molecule has 5 nitrogen and oxygen atoms in total. The summed E-state index contributed by atoms with van der Waals surface area (Å²) in [5.74, 6) is 1.05. The molecule has 1 saturated heterocycles. The Kier molecular flexibility index (Phi) is 5.78. The first-order chi connectivity index (χ1) is 12.6. The highest BCUT2D eigenvalue weighted by Crippen LogP contribution is 2.29. The fraction of sp³-hybridized carbons (Fsp3) is 0.381. The van der Waals surface area contributed by atoms with Crippen LogP contribution < -0.4 is 9.64 Å². The van der Waals surface area contributed by atoms with E-state index in [1.54, 1.807) is 7.11 Å². The normalized spacial score (nSPS) is 15.8. The van der Waals surface area contributed by atoms with Crippen molar-refractivity contribution in [3.8, 4) is 5.75 Å². The summed E-state index contributed by atoms with van der Waals surface area (Å²) in [6, 6.07) is 17.8. The second-order valence-electron chi connectivity index (χ2n) is 6.76. The minimum atomic E-state index is -0.242. The van der Waals surface area contributed by atoms with Crippen LogP contribution in [0.3, 0.4) is 0 Å². The molecular formula is C21H27N3O2. The number of carbonyl (C=O) groups excluding carboxylic acids is 1. The lowest BCUT2D eigenvalue weighted by Crippen LogP contribution is -2.51. The number of para-hydroxylation sites is 2. The van der Waals surface area contributed by atoms with Crippen LogP contribution in [0.4, 0.5) is 5.69 Å². The van der Waals surface area contributed by atoms with E-state index in [4.69, 9.17) is 4.74 Å². The Labute approximate surface area is 155 Å². The maximum Gasteiger partial charge on any atom is 0.244 e. The van der Waals surface area contributed by atoms with E-state index in [1.807, 2.05) is 72.4 Å². The SMILES string of the molecule is COc1ccccc1N1CCN(C(=O)C(c2ccccc2)N(C)C)CC1. The van der Waals surface area contributed by atoms with Crippen LogP contribution in [-0.2, 0) is 4.79 Å². The summed E-state index contributed by atoms with van der Waals surface area (Å²) in [4.78, 5) is 19.4. The molecule has 1 atom stereocenters. The van der Waals surface area contributed by atoms with E-state index in [2.05, 4.69) is 11.0 Å². The van der Waals surface area contributed by atoms with Gasteiger partial charge in [0.2, 0.25) is 5.91 Å². The number of hydrogen-bond acceptors (Lipinski definition) is 4. The Morgan fingerprint density at radius 2 is 1.58 bits per heavy atom. The van der Waals surface area contributed by atoms with E-state index in [1.165, 1.54) is 0 Å². The monoisotopic (exact) mass is 353 g/mol. The molecule has 0 aliphatic carbocycles. The second-order valence-corrected chi connectivity index (χ2v) is 6.76. The van der Waals surface area contributed by atoms with Gasteiger partial charge < -0.3 is 14.5 Å². The van der Waals surface area contributed by atoms with Crippen LogP contribution in [0.2, 0.25) is 0 Å². The molecule has 0 N–H and O–H groups in total. The van der Waals surface area contributed by atoms with Gasteiger partial charge in [-0.2, -0.15) is 0 Å². The number of carbonyl (C=O) groups is 1. The lowest BCUT2D eigenvalue weighted by molar-refractivity contribution is -0.136. The number of hydrogen-bond donors (Lipinski definition) is 0. The summed E-state index contributed by atoms with van der Waals surface area (Å²) in [6.07, 6.45) is 0. The van der Waals surface area contributed by atoms with Crippen molar-refractivity contribution in [3.63, 3.8) is 0 Å². The summed E-state index contributed by atoms with van der Waals surface area (Å²) in [5.41, 5.74) is 2.13. The molecule has 5 heteroatoms. The molecule has 2 aromatic carbocycles. The van der Waals surface area contributed by atoms with Gasteiger partial charge in [0.1, 0.15) is 11.8 Å². The Balaban J connectivity index is 1.70. The Morgan fingerprint density at radius 3 is 2.19 bits per heavy atom. The van der Waals surface area contributed by atoms with Crippen molar-refractivity contribution in [2.75, 3.05) is 52.3 Å². The maximum absolute atomic E-state index is 13.1. The smallest absolute Gasteiger partial charge is 0.244 e. The molecule has 0 spiro atoms. The van der Waals surface area contributed by atoms with Gasteiger partial charge in [-0.05, 0) is 31.8 Å². The standard InChI is InChI=1S/C21H27N3O2/c1-22(2)20(17-9-5-4-6-10-17)21(25)24-15-13-23(14-16-24)18-11-7-8-12-19(18)26-3/h4-12,20H,13-16H2,1-3H3. The lowest BCUT2D eigenvalue weighted by atomic mass is 10.0. The molecule has 1 aliphatic heterocycles. The molecule has 2 aromatic rings. The number of rotatable bonds is 5. The highest BCUT2D eigenvalue weighted by Gasteiger charge is 2.30. The maximum atomic E-state index is 13.1. The molecular weight excluding hydrogens is 326 g/mol. The van der Waals surface area contributed by atoms with Crippen molar-refractivity contribution < 1.29 is 9.53 Å². The predicted molar refractivity (Wildman–Crippen MR) is 105 cm³/mol. The van der Waals surface area contributed by atoms with Crippen LogP contribution in [0.15, 0.2) is 54.6 Å². The number of likely N-dealkylation sites (N-methyl/N-ethyl adjacent to an activating group) is 1. The topological polar surface area (TPSA) is 36.0 Å². The number of anilines is 1. The van der Waals surface area contributed by atoms with Gasteiger partial charge >= 0.3 is 0 Å². The van der Waals surface area contributed by atoms with Crippen molar-refractivity contribution in [2.24, 2.45) is 0 Å². The first-order valence-electron chi connectivity index (χ1n) is 9.00. The van der Waals surface area contributed by atoms with E-state index >= 15 is 0 Å². The molecule has 1 fully saturated rings. The van der Waals surface area contributed by atoms with E-state index < -0.39 is 0 Å². The molecule has 26 heavy (non-hydrogen) atoms. The zero-order valence-corrected chi connectivity index (χ0v) is 15.8. The second kappa shape index (κ2) is 8.23. The van der Waals surface area contributed by atoms with Crippen LogP contribution in [0.25, 0.3) is 0 Å². The summed E-state index contributed by atoms with van der Waals surface area (Å²) >= 11 is 0. The summed E-state index contributed by atoms with van der Waals surface area (Å²) in [5, 5.41) is 0. The molecule has 0 radical (unpaired) electrons. The van der Waals surface area contributed by atoms with Crippen LogP contribution in [0.1, 0.15) is 11.6 Å². The Morgan fingerprint density at radius 1 is 0.962 bits per heavy atom. The molecule has 1 amide bonds. The summed E-state index contributed by atoms with van der Waals surface area (Å²) < 4.78 is 5.47. The number of piperazine rings is 1. The lowest BCUT2D eigenvalue weighted by Gasteiger charge is -2.39. The first kappa shape index (κ1) is 18.3. The van der Waals surface area contributed by atoms with Gasteiger partial charge in [-0.3, -0.25) is 9.69 Å². The average molecular weight is 353 g/mol. The number of ether oxygens (including phenoxy) is 1. The molecule has 1 heterocycles. The third-order valence-electron chi connectivity index (χ3n) is 4.88. The van der Waals surface area contributed by atoms with Gasteiger partial charge in [0.15, 0.2) is 0 Å². The van der Waals surface area contributed by atoms with Crippen molar-refractivity contribution in [3.05, 3.63) is 60.2 Å². The van der Waals surface area contributed by atoms with Crippen LogP contribution >= 0.6 is 0 Å². The summed E-state index contributed by atoms with van der Waals surface area (Å²) in [6.45, 7) is 3.05. The highest BCUT2D eigenvalue weighted by molar-refractivity contribution is 5.83.